The molecule has 0 spiro atoms. The van der Waals surface area contributed by atoms with E-state index < -0.39 is 18.6 Å². The first-order chi connectivity index (χ1) is 31.1. The Hall–Kier alpha value is -5.75. The third kappa shape index (κ3) is 9.05. The van der Waals surface area contributed by atoms with Crippen LogP contribution in [0.4, 0.5) is 4.39 Å². The van der Waals surface area contributed by atoms with E-state index in [1.54, 1.807) is 12.3 Å². The van der Waals surface area contributed by atoms with Gasteiger partial charge in [0, 0.05) is 54.4 Å². The molecule has 0 amide bonds. The van der Waals surface area contributed by atoms with E-state index in [-0.39, 0.29) is 36.6 Å². The molecule has 4 aromatic heterocycles. The van der Waals surface area contributed by atoms with Crippen molar-refractivity contribution in [3.8, 4) is 39.5 Å². The van der Waals surface area contributed by atoms with Gasteiger partial charge >= 0.3 is 0 Å². The molecule has 4 heterocycles. The molecule has 9 rings (SSSR count). The molecule has 0 fully saturated rings. The molecule has 1 radical (unpaired) electrons. The number of benzene rings is 5. The first-order valence-electron chi connectivity index (χ1n) is 23.3. The smallest absolute Gasteiger partial charge is 0.168 e. The summed E-state index contributed by atoms with van der Waals surface area (Å²) in [6, 6.07) is 41.7. The molecule has 0 saturated heterocycles. The summed E-state index contributed by atoms with van der Waals surface area (Å²) in [4.78, 5) is 14.3. The average Bonchev–Trinajstić information content (AvgIpc) is 3.83. The topological polar surface area (TPSA) is 56.7 Å². The Balaban J connectivity index is 0.000000255. The average molecular weight is 1020 g/mol. The molecule has 0 aliphatic heterocycles. The minimum Gasteiger partial charge on any atom is -0.501 e. The number of furan rings is 1. The Morgan fingerprint density at radius 1 is 0.778 bits per heavy atom. The minimum absolute atomic E-state index is 0. The van der Waals surface area contributed by atoms with Gasteiger partial charge in [-0.1, -0.05) is 152 Å². The van der Waals surface area contributed by atoms with Gasteiger partial charge in [-0.2, -0.15) is 0 Å². The summed E-state index contributed by atoms with van der Waals surface area (Å²) in [6.45, 7) is 18.7. The summed E-state index contributed by atoms with van der Waals surface area (Å²) in [5, 5.41) is 2.08. The van der Waals surface area contributed by atoms with Crippen molar-refractivity contribution >= 4 is 33.1 Å². The Kier molecular flexibility index (Phi) is 11.5. The predicted molar refractivity (Wildman–Crippen MR) is 255 cm³/mol. The van der Waals surface area contributed by atoms with Crippen molar-refractivity contribution < 1.29 is 34.4 Å². The van der Waals surface area contributed by atoms with Crippen LogP contribution in [0.3, 0.4) is 0 Å². The largest absolute Gasteiger partial charge is 0.501 e. The number of pyridine rings is 2. The van der Waals surface area contributed by atoms with E-state index in [4.69, 9.17) is 19.9 Å². The summed E-state index contributed by atoms with van der Waals surface area (Å²) in [5.74, 6) is 0.141. The second-order valence-electron chi connectivity index (χ2n) is 17.9. The summed E-state index contributed by atoms with van der Waals surface area (Å²) in [5.41, 5.74) is 13.4. The fraction of sp³-hybridized carbons (Fsp3) is 0.268. The van der Waals surface area contributed by atoms with Gasteiger partial charge in [-0.05, 0) is 87.3 Å². The number of aromatic nitrogens is 4. The van der Waals surface area contributed by atoms with Gasteiger partial charge in [0.2, 0.25) is 0 Å². The van der Waals surface area contributed by atoms with Crippen LogP contribution >= 0.6 is 0 Å². The Labute approximate surface area is 390 Å². The number of halogens is 1. The molecule has 9 aromatic rings. The molecular weight excluding hydrogens is 956 g/mol. The van der Waals surface area contributed by atoms with E-state index in [0.717, 1.165) is 78.5 Å². The van der Waals surface area contributed by atoms with E-state index in [1.807, 2.05) is 45.0 Å². The molecule has 7 heteroatoms. The molecule has 5 nitrogen and oxygen atoms in total. The van der Waals surface area contributed by atoms with E-state index in [2.05, 4.69) is 137 Å². The van der Waals surface area contributed by atoms with E-state index in [1.165, 1.54) is 17.2 Å². The normalized spacial score (nSPS) is 13.1. The molecule has 0 aliphatic rings. The molecular formula is C56H55FIrN4O-2. The van der Waals surface area contributed by atoms with Gasteiger partial charge in [0.1, 0.15) is 5.58 Å². The van der Waals surface area contributed by atoms with Crippen LogP contribution in [0.5, 0.6) is 0 Å². The molecule has 0 saturated carbocycles. The molecule has 0 atom stereocenters. The molecule has 63 heavy (non-hydrogen) atoms. The maximum atomic E-state index is 14.1. The summed E-state index contributed by atoms with van der Waals surface area (Å²) < 4.78 is 53.3. The van der Waals surface area contributed by atoms with Crippen LogP contribution in [0.1, 0.15) is 119 Å². The third-order valence-corrected chi connectivity index (χ3v) is 11.5. The summed E-state index contributed by atoms with van der Waals surface area (Å²) >= 11 is 0. The summed E-state index contributed by atoms with van der Waals surface area (Å²) in [6.07, 6.45) is 1.71. The van der Waals surface area contributed by atoms with E-state index in [0.29, 0.717) is 23.2 Å². The molecule has 0 bridgehead atoms. The monoisotopic (exact) mass is 1020 g/mol. The minimum atomic E-state index is -2.33. The first kappa shape index (κ1) is 40.1. The van der Waals surface area contributed by atoms with Gasteiger partial charge in [0.25, 0.3) is 0 Å². The standard InChI is InChI=1S/C40H38N3O.C16H17FN.Ir/c1-23(2)27-15-17-28(18-16-27)29-19-20-32-33-12-9-13-34(38(33)44-36(32)22-29)40-42-39-35(21-14-26(7)41-39)43(40)37-30(24(3)4)10-8-11-31(37)25(5)6;1-11-5-7-13(14(17)9-11)15-8-6-12(10-18-15)16(2,3)4;/h8-12,14-25H,1-7H3;5-6,8-10H,1-4H3;/q2*-1;/i23D;1D3;. The fourth-order valence-corrected chi connectivity index (χ4v) is 7.96. The fourth-order valence-electron chi connectivity index (χ4n) is 7.96. The molecule has 323 valence electrons. The van der Waals surface area contributed by atoms with Crippen LogP contribution in [0.15, 0.2) is 120 Å². The van der Waals surface area contributed by atoms with Crippen LogP contribution in [-0.4, -0.2) is 19.5 Å². The van der Waals surface area contributed by atoms with Gasteiger partial charge in [-0.3, -0.25) is 9.37 Å². The molecule has 0 aliphatic carbocycles. The van der Waals surface area contributed by atoms with Crippen molar-refractivity contribution in [1.29, 1.82) is 0 Å². The Morgan fingerprint density at radius 3 is 2.11 bits per heavy atom. The van der Waals surface area contributed by atoms with Gasteiger partial charge < -0.3 is 14.0 Å². The van der Waals surface area contributed by atoms with Gasteiger partial charge in [0.15, 0.2) is 5.65 Å². The van der Waals surface area contributed by atoms with Crippen molar-refractivity contribution in [2.75, 3.05) is 0 Å². The van der Waals surface area contributed by atoms with Crippen molar-refractivity contribution in [2.45, 2.75) is 99.2 Å². The molecule has 5 aromatic carbocycles. The van der Waals surface area contributed by atoms with Crippen LogP contribution in [-0.2, 0) is 25.5 Å². The van der Waals surface area contributed by atoms with Crippen molar-refractivity contribution in [3.63, 3.8) is 0 Å². The molecule has 0 unspecified atom stereocenters. The first-order valence-corrected chi connectivity index (χ1v) is 21.3. The zero-order chi connectivity index (χ0) is 47.5. The van der Waals surface area contributed by atoms with Crippen LogP contribution in [0.25, 0.3) is 72.6 Å². The zero-order valence-electron chi connectivity index (χ0n) is 41.5. The van der Waals surface area contributed by atoms with Crippen molar-refractivity contribution in [2.24, 2.45) is 0 Å². The predicted octanol–water partition coefficient (Wildman–Crippen LogP) is 15.4. The molecule has 0 N–H and O–H groups in total. The number of nitrogens with zero attached hydrogens (tertiary/aromatic N) is 4. The zero-order valence-corrected chi connectivity index (χ0v) is 39.9. The number of aryl methyl sites for hydroxylation is 2. The van der Waals surface area contributed by atoms with E-state index in [9.17, 15) is 4.39 Å². The summed E-state index contributed by atoms with van der Waals surface area (Å²) in [7, 11) is 0. The number of imidazole rings is 1. The SMILES string of the molecule is [2H]C(C)(C)c1ccc(-c2ccc3c(c2)oc2c(-c4nc5nc(C)ccc5n4-c4c(C(C)C)cccc4C(C)C)[c-]ccc23)cc1.[2H]C([2H])([2H])c1c[c-]c(-c2ccc(C(C)(C)C)cn2)c(F)c1.[Ir]. The number of para-hydroxylation sites is 1. The second-order valence-corrected chi connectivity index (χ2v) is 17.9. The maximum absolute atomic E-state index is 14.1. The van der Waals surface area contributed by atoms with Crippen LogP contribution in [0, 0.1) is 31.7 Å². The third-order valence-electron chi connectivity index (χ3n) is 11.5. The van der Waals surface area contributed by atoms with Crippen molar-refractivity contribution in [1.82, 2.24) is 19.5 Å². The Morgan fingerprint density at radius 2 is 1.49 bits per heavy atom. The van der Waals surface area contributed by atoms with Gasteiger partial charge in [0.05, 0.1) is 16.9 Å². The number of hydrogen-bond donors (Lipinski definition) is 0. The maximum Gasteiger partial charge on any atom is 0.168 e. The van der Waals surface area contributed by atoms with Gasteiger partial charge in [-0.15, -0.1) is 42.0 Å². The quantitative estimate of drug-likeness (QED) is 0.149. The number of fused-ring (bicyclic) bond motifs is 4. The second kappa shape index (κ2) is 18.2. The number of rotatable bonds is 7. The number of hydrogen-bond acceptors (Lipinski definition) is 4. The van der Waals surface area contributed by atoms with Crippen molar-refractivity contribution in [3.05, 3.63) is 167 Å². The van der Waals surface area contributed by atoms with E-state index >= 15 is 0 Å². The van der Waals surface area contributed by atoms with Crippen LogP contribution < -0.4 is 0 Å². The Bertz CT molecular complexity index is 3200. The van der Waals surface area contributed by atoms with Crippen LogP contribution in [0.2, 0.25) is 0 Å². The van der Waals surface area contributed by atoms with Gasteiger partial charge in [-0.25, -0.2) is 4.98 Å².